The Morgan fingerprint density at radius 1 is 0.396 bits per heavy atom. The number of halogens is 1. The third kappa shape index (κ3) is 4.49. The van der Waals surface area contributed by atoms with Crippen LogP contribution in [0, 0.1) is 0 Å². The lowest BCUT2D eigenvalue weighted by molar-refractivity contribution is 1.13. The standard InChI is InChI=1S/C43H28ClN3O/c44-42-40-25-30(29-13-4-1-5-14-29)26-41(42)46(32-17-8-3-9-18-32)35-23-24-37-36-21-10-11-22-38(36)43(48)47(39(37)28-35)34-20-12-19-33(27-34)45(40)31-15-6-2-7-16-31/h1-28H. The van der Waals surface area contributed by atoms with Crippen LogP contribution < -0.4 is 5.56 Å². The van der Waals surface area contributed by atoms with Gasteiger partial charge in [-0.2, -0.15) is 0 Å². The van der Waals surface area contributed by atoms with E-state index in [0.717, 1.165) is 66.4 Å². The largest absolute Gasteiger partial charge is 0.309 e. The Labute approximate surface area is 281 Å². The zero-order valence-corrected chi connectivity index (χ0v) is 26.5. The molecule has 2 aromatic heterocycles. The van der Waals surface area contributed by atoms with E-state index in [0.29, 0.717) is 10.4 Å². The van der Waals surface area contributed by atoms with Crippen LogP contribution in [0.3, 0.4) is 0 Å². The molecule has 0 amide bonds. The van der Waals surface area contributed by atoms with Gasteiger partial charge >= 0.3 is 0 Å². The third-order valence-electron chi connectivity index (χ3n) is 9.13. The van der Waals surface area contributed by atoms with Crippen LogP contribution >= 0.6 is 11.6 Å². The summed E-state index contributed by atoms with van der Waals surface area (Å²) in [4.78, 5) is 14.5. The molecule has 0 fully saturated rings. The van der Waals surface area contributed by atoms with Gasteiger partial charge in [0.1, 0.15) is 0 Å². The van der Waals surface area contributed by atoms with E-state index < -0.39 is 0 Å². The van der Waals surface area contributed by atoms with E-state index >= 15 is 0 Å². The van der Waals surface area contributed by atoms with Gasteiger partial charge in [0.2, 0.25) is 0 Å². The second-order valence-electron chi connectivity index (χ2n) is 11.9. The highest BCUT2D eigenvalue weighted by molar-refractivity contribution is 6.37. The number of aromatic nitrogens is 3. The highest BCUT2D eigenvalue weighted by atomic mass is 35.5. The SMILES string of the molecule is O=c1c2ccccc2c2ccc3cc2n1c1cccc(c1)n(-c1ccccc1)c1cc(-c2ccccc2)cc(c1Cl)n3-c1ccccc1. The molecule has 0 spiro atoms. The van der Waals surface area contributed by atoms with E-state index in [4.69, 9.17) is 11.6 Å². The molecule has 5 heteroatoms. The minimum Gasteiger partial charge on any atom is -0.309 e. The van der Waals surface area contributed by atoms with Crippen LogP contribution in [0.5, 0.6) is 0 Å². The summed E-state index contributed by atoms with van der Waals surface area (Å²) in [7, 11) is 0. The maximum absolute atomic E-state index is 14.5. The van der Waals surface area contributed by atoms with Gasteiger partial charge in [0.15, 0.2) is 0 Å². The summed E-state index contributed by atoms with van der Waals surface area (Å²) in [6.07, 6.45) is 0. The van der Waals surface area contributed by atoms with Crippen molar-refractivity contribution in [2.24, 2.45) is 0 Å². The van der Waals surface area contributed by atoms with E-state index in [1.165, 1.54) is 0 Å². The van der Waals surface area contributed by atoms with Gasteiger partial charge in [-0.3, -0.25) is 9.20 Å². The number of para-hydroxylation sites is 2. The Kier molecular flexibility index (Phi) is 6.63. The van der Waals surface area contributed by atoms with Crippen LogP contribution in [0.4, 0.5) is 0 Å². The first-order chi connectivity index (χ1) is 23.7. The lowest BCUT2D eigenvalue weighted by Gasteiger charge is -2.19. The van der Waals surface area contributed by atoms with Crippen LogP contribution in [0.2, 0.25) is 5.02 Å². The molecule has 9 aromatic rings. The fraction of sp³-hybridized carbons (Fsp3) is 0. The molecule has 0 radical (unpaired) electrons. The van der Waals surface area contributed by atoms with Crippen LogP contribution in [0.1, 0.15) is 0 Å². The molecule has 6 bridgehead atoms. The number of hydrogen-bond donors (Lipinski definition) is 0. The summed E-state index contributed by atoms with van der Waals surface area (Å²) < 4.78 is 6.23. The van der Waals surface area contributed by atoms with Gasteiger partial charge in [-0.05, 0) is 89.3 Å². The lowest BCUT2D eigenvalue weighted by atomic mass is 10.0. The second kappa shape index (κ2) is 11.3. The van der Waals surface area contributed by atoms with Gasteiger partial charge in [-0.15, -0.1) is 0 Å². The average molecular weight is 638 g/mol. The molecule has 7 aromatic carbocycles. The summed E-state index contributed by atoms with van der Waals surface area (Å²) in [6.45, 7) is 0. The summed E-state index contributed by atoms with van der Waals surface area (Å²) in [5.74, 6) is 0. The molecule has 48 heavy (non-hydrogen) atoms. The number of fused-ring (bicyclic) bond motifs is 8. The van der Waals surface area contributed by atoms with E-state index in [2.05, 4.69) is 100 Å². The molecule has 0 aliphatic rings. The van der Waals surface area contributed by atoms with Gasteiger partial charge < -0.3 is 9.13 Å². The predicted octanol–water partition coefficient (Wildman–Crippen LogP) is 10.9. The van der Waals surface area contributed by atoms with Crippen molar-refractivity contribution in [1.29, 1.82) is 0 Å². The molecule has 0 aliphatic carbocycles. The van der Waals surface area contributed by atoms with Crippen molar-refractivity contribution in [1.82, 2.24) is 13.5 Å². The Morgan fingerprint density at radius 2 is 0.938 bits per heavy atom. The zero-order valence-electron chi connectivity index (χ0n) is 25.8. The van der Waals surface area contributed by atoms with Crippen molar-refractivity contribution in [2.75, 3.05) is 0 Å². The van der Waals surface area contributed by atoms with Gasteiger partial charge in [0.25, 0.3) is 5.56 Å². The highest BCUT2D eigenvalue weighted by Crippen LogP contribution is 2.35. The Hall–Kier alpha value is -6.10. The number of pyridine rings is 1. The van der Waals surface area contributed by atoms with Crippen molar-refractivity contribution in [3.8, 4) is 22.5 Å². The van der Waals surface area contributed by atoms with Crippen molar-refractivity contribution in [3.63, 3.8) is 0 Å². The number of rotatable bonds is 3. The summed E-state index contributed by atoms with van der Waals surface area (Å²) in [6, 6.07) is 57.6. The minimum atomic E-state index is -0.0649. The minimum absolute atomic E-state index is 0.0649. The third-order valence-corrected chi connectivity index (χ3v) is 9.52. The van der Waals surface area contributed by atoms with Crippen LogP contribution in [-0.4, -0.2) is 13.5 Å². The van der Waals surface area contributed by atoms with Crippen molar-refractivity contribution in [3.05, 3.63) is 185 Å². The molecule has 4 nitrogen and oxygen atoms in total. The first kappa shape index (κ1) is 28.1. The molecule has 0 N–H and O–H groups in total. The molecule has 228 valence electrons. The van der Waals surface area contributed by atoms with Crippen molar-refractivity contribution < 1.29 is 0 Å². The van der Waals surface area contributed by atoms with E-state index in [9.17, 15) is 4.79 Å². The molecule has 2 heterocycles. The van der Waals surface area contributed by atoms with Gasteiger partial charge in [0.05, 0.1) is 27.1 Å². The Bertz CT molecular complexity index is 2800. The normalized spacial score (nSPS) is 11.5. The maximum atomic E-state index is 14.5. The molecular formula is C43H28ClN3O. The number of nitrogens with zero attached hydrogens (tertiary/aromatic N) is 3. The van der Waals surface area contributed by atoms with Gasteiger partial charge in [-0.1, -0.05) is 109 Å². The monoisotopic (exact) mass is 637 g/mol. The zero-order chi connectivity index (χ0) is 32.2. The smallest absolute Gasteiger partial charge is 0.263 e. The molecule has 0 saturated heterocycles. The molecule has 0 saturated carbocycles. The first-order valence-corrected chi connectivity index (χ1v) is 16.3. The number of hydrogen-bond acceptors (Lipinski definition) is 1. The fourth-order valence-electron chi connectivity index (χ4n) is 6.96. The summed E-state index contributed by atoms with van der Waals surface area (Å²) in [5.41, 5.74) is 8.95. The summed E-state index contributed by atoms with van der Waals surface area (Å²) >= 11 is 7.65. The van der Waals surface area contributed by atoms with Crippen LogP contribution in [0.15, 0.2) is 175 Å². The second-order valence-corrected chi connectivity index (χ2v) is 12.3. The predicted molar refractivity (Wildman–Crippen MR) is 200 cm³/mol. The van der Waals surface area contributed by atoms with Crippen molar-refractivity contribution in [2.45, 2.75) is 0 Å². The Balaban J connectivity index is 1.64. The molecule has 0 unspecified atom stereocenters. The van der Waals surface area contributed by atoms with Gasteiger partial charge in [-0.25, -0.2) is 0 Å². The van der Waals surface area contributed by atoms with Crippen LogP contribution in [0.25, 0.3) is 71.8 Å². The quantitative estimate of drug-likeness (QED) is 0.177. The fourth-order valence-corrected chi connectivity index (χ4v) is 7.24. The average Bonchev–Trinajstić information content (AvgIpc) is 3.14. The molecule has 9 rings (SSSR count). The number of benzene rings is 7. The topological polar surface area (TPSA) is 31.3 Å². The molecular weight excluding hydrogens is 610 g/mol. The van der Waals surface area contributed by atoms with Crippen molar-refractivity contribution >= 4 is 60.9 Å². The van der Waals surface area contributed by atoms with Crippen LogP contribution in [-0.2, 0) is 0 Å². The summed E-state index contributed by atoms with van der Waals surface area (Å²) in [5, 5.41) is 3.20. The van der Waals surface area contributed by atoms with E-state index in [1.807, 2.05) is 83.3 Å². The Morgan fingerprint density at radius 3 is 1.58 bits per heavy atom. The maximum Gasteiger partial charge on any atom is 0.263 e. The van der Waals surface area contributed by atoms with E-state index in [-0.39, 0.29) is 5.56 Å². The van der Waals surface area contributed by atoms with E-state index in [1.54, 1.807) is 0 Å². The lowest BCUT2D eigenvalue weighted by Crippen LogP contribution is -2.14. The van der Waals surface area contributed by atoms with Gasteiger partial charge in [0, 0.05) is 33.2 Å². The molecule has 0 aliphatic heterocycles. The molecule has 0 atom stereocenters. The first-order valence-electron chi connectivity index (χ1n) is 15.9. The highest BCUT2D eigenvalue weighted by Gasteiger charge is 2.16.